The summed E-state index contributed by atoms with van der Waals surface area (Å²) < 4.78 is 8.50. The van der Waals surface area contributed by atoms with Gasteiger partial charge in [-0.3, -0.25) is 0 Å². The third kappa shape index (κ3) is 2.64. The van der Waals surface area contributed by atoms with Gasteiger partial charge in [0.2, 0.25) is 11.7 Å². The van der Waals surface area contributed by atoms with Crippen LogP contribution in [0.15, 0.2) is 35.2 Å². The van der Waals surface area contributed by atoms with E-state index in [1.54, 1.807) is 10.9 Å². The molecule has 0 saturated carbocycles. The fourth-order valence-corrected chi connectivity index (χ4v) is 2.33. The molecule has 10 heteroatoms. The number of hydrogen-bond acceptors (Lipinski definition) is 8. The van der Waals surface area contributed by atoms with Crippen molar-refractivity contribution in [3.8, 4) is 17.2 Å². The van der Waals surface area contributed by atoms with Gasteiger partial charge in [-0.2, -0.15) is 10.1 Å². The molecule has 0 fully saturated rings. The Balaban J connectivity index is 1.57. The molecule has 0 N–H and O–H groups in total. The van der Waals surface area contributed by atoms with Crippen LogP contribution in [0.1, 0.15) is 17.3 Å². The van der Waals surface area contributed by atoms with Crippen LogP contribution < -0.4 is 0 Å². The monoisotopic (exact) mass is 323 g/mol. The molecular formula is C14H13N9O. The summed E-state index contributed by atoms with van der Waals surface area (Å²) in [6.45, 7) is 4.25. The maximum Gasteiger partial charge on any atom is 0.248 e. The van der Waals surface area contributed by atoms with Crippen molar-refractivity contribution in [2.45, 2.75) is 20.4 Å². The summed E-state index contributed by atoms with van der Waals surface area (Å²) in [5.74, 6) is 1.62. The molecular weight excluding hydrogens is 310 g/mol. The molecule has 10 nitrogen and oxygen atoms in total. The van der Waals surface area contributed by atoms with Crippen LogP contribution in [0.25, 0.3) is 17.2 Å². The summed E-state index contributed by atoms with van der Waals surface area (Å²) in [6.07, 6.45) is 3.17. The Labute approximate surface area is 136 Å². The van der Waals surface area contributed by atoms with Crippen molar-refractivity contribution in [2.75, 3.05) is 0 Å². The highest BCUT2D eigenvalue weighted by molar-refractivity contribution is 5.53. The molecule has 0 amide bonds. The van der Waals surface area contributed by atoms with Gasteiger partial charge in [-0.05, 0) is 42.5 Å². The first-order valence-corrected chi connectivity index (χ1v) is 7.22. The van der Waals surface area contributed by atoms with Crippen LogP contribution in [0.2, 0.25) is 0 Å². The van der Waals surface area contributed by atoms with Crippen LogP contribution in [0.4, 0.5) is 0 Å². The summed E-state index contributed by atoms with van der Waals surface area (Å²) >= 11 is 0. The molecule has 0 aliphatic rings. The summed E-state index contributed by atoms with van der Waals surface area (Å²) in [7, 11) is 0. The Morgan fingerprint density at radius 2 is 2.12 bits per heavy atom. The van der Waals surface area contributed by atoms with Crippen molar-refractivity contribution in [3.05, 3.63) is 48.0 Å². The molecule has 0 aliphatic carbocycles. The highest BCUT2D eigenvalue weighted by Crippen LogP contribution is 2.17. The molecule has 4 aromatic heterocycles. The molecule has 0 bridgehead atoms. The molecule has 0 aliphatic heterocycles. The molecule has 0 aromatic carbocycles. The zero-order valence-corrected chi connectivity index (χ0v) is 13.0. The maximum atomic E-state index is 5.21. The topological polar surface area (TPSA) is 113 Å². The van der Waals surface area contributed by atoms with E-state index in [2.05, 4.69) is 35.7 Å². The molecule has 0 radical (unpaired) electrons. The van der Waals surface area contributed by atoms with Crippen molar-refractivity contribution in [1.82, 2.24) is 45.1 Å². The van der Waals surface area contributed by atoms with Crippen LogP contribution in [0, 0.1) is 13.8 Å². The lowest BCUT2D eigenvalue weighted by atomic mass is 10.2. The van der Waals surface area contributed by atoms with E-state index in [4.69, 9.17) is 4.52 Å². The van der Waals surface area contributed by atoms with E-state index in [0.717, 1.165) is 22.8 Å². The van der Waals surface area contributed by atoms with Crippen molar-refractivity contribution in [3.63, 3.8) is 0 Å². The Kier molecular flexibility index (Phi) is 3.34. The quantitative estimate of drug-likeness (QED) is 0.546. The fraction of sp³-hybridized carbons (Fsp3) is 0.214. The third-order valence-corrected chi connectivity index (χ3v) is 3.39. The van der Waals surface area contributed by atoms with E-state index in [1.165, 1.54) is 11.0 Å². The van der Waals surface area contributed by atoms with E-state index >= 15 is 0 Å². The Morgan fingerprint density at radius 1 is 1.21 bits per heavy atom. The minimum atomic E-state index is 0.317. The highest BCUT2D eigenvalue weighted by Gasteiger charge is 2.11. The number of tetrazole rings is 1. The van der Waals surface area contributed by atoms with Crippen LogP contribution in [-0.2, 0) is 6.54 Å². The Hall–Kier alpha value is -3.43. The van der Waals surface area contributed by atoms with Gasteiger partial charge in [0.15, 0.2) is 5.82 Å². The van der Waals surface area contributed by atoms with Gasteiger partial charge >= 0.3 is 0 Å². The number of aromatic nitrogens is 9. The van der Waals surface area contributed by atoms with Gasteiger partial charge in [0.25, 0.3) is 0 Å². The lowest BCUT2D eigenvalue weighted by molar-refractivity contribution is 0.364. The summed E-state index contributed by atoms with van der Waals surface area (Å²) in [4.78, 5) is 8.75. The summed E-state index contributed by atoms with van der Waals surface area (Å²) in [5.41, 5.74) is 2.73. The summed E-state index contributed by atoms with van der Waals surface area (Å²) in [5, 5.41) is 19.2. The van der Waals surface area contributed by atoms with Gasteiger partial charge in [0, 0.05) is 17.5 Å². The predicted octanol–water partition coefficient (Wildman–Crippen LogP) is 0.969. The van der Waals surface area contributed by atoms with Gasteiger partial charge in [0.1, 0.15) is 12.9 Å². The smallest absolute Gasteiger partial charge is 0.248 e. The lowest BCUT2D eigenvalue weighted by Crippen LogP contribution is -2.02. The standard InChI is InChI=1S/C14H13N9O/c1-9-5-10(2)23(18-9)12-4-3-11(6-15-12)14-17-13(24-19-14)7-22-8-16-20-21-22/h3-6,8H,7H2,1-2H3. The van der Waals surface area contributed by atoms with Crippen molar-refractivity contribution in [1.29, 1.82) is 0 Å². The second-order valence-corrected chi connectivity index (χ2v) is 5.26. The van der Waals surface area contributed by atoms with E-state index in [9.17, 15) is 0 Å². The molecule has 4 aromatic rings. The largest absolute Gasteiger partial charge is 0.337 e. The van der Waals surface area contributed by atoms with Crippen LogP contribution in [0.3, 0.4) is 0 Å². The molecule has 120 valence electrons. The maximum absolute atomic E-state index is 5.21. The average Bonchev–Trinajstić information content (AvgIpc) is 3.30. The zero-order valence-electron chi connectivity index (χ0n) is 13.0. The minimum Gasteiger partial charge on any atom is -0.337 e. The molecule has 0 atom stereocenters. The van der Waals surface area contributed by atoms with E-state index in [-0.39, 0.29) is 0 Å². The number of pyridine rings is 1. The second kappa shape index (κ2) is 5.65. The van der Waals surface area contributed by atoms with Gasteiger partial charge in [-0.1, -0.05) is 5.16 Å². The van der Waals surface area contributed by atoms with Gasteiger partial charge in [0.05, 0.1) is 5.69 Å². The van der Waals surface area contributed by atoms with Gasteiger partial charge < -0.3 is 4.52 Å². The first-order valence-electron chi connectivity index (χ1n) is 7.22. The SMILES string of the molecule is Cc1cc(C)n(-c2ccc(-c3noc(Cn4cnnn4)n3)cn2)n1. The van der Waals surface area contributed by atoms with Crippen LogP contribution >= 0.6 is 0 Å². The minimum absolute atomic E-state index is 0.317. The molecule has 0 saturated heterocycles. The average molecular weight is 323 g/mol. The first-order chi connectivity index (χ1) is 11.7. The predicted molar refractivity (Wildman–Crippen MR) is 81.0 cm³/mol. The highest BCUT2D eigenvalue weighted by atomic mass is 16.5. The van der Waals surface area contributed by atoms with Crippen molar-refractivity contribution >= 4 is 0 Å². The number of rotatable bonds is 4. The third-order valence-electron chi connectivity index (χ3n) is 3.39. The van der Waals surface area contributed by atoms with E-state index in [1.807, 2.05) is 32.0 Å². The number of nitrogens with zero attached hydrogens (tertiary/aromatic N) is 9. The van der Waals surface area contributed by atoms with E-state index in [0.29, 0.717) is 18.3 Å². The lowest BCUT2D eigenvalue weighted by Gasteiger charge is -2.03. The van der Waals surface area contributed by atoms with E-state index < -0.39 is 0 Å². The van der Waals surface area contributed by atoms with Crippen molar-refractivity contribution < 1.29 is 4.52 Å². The number of hydrogen-bond donors (Lipinski definition) is 0. The van der Waals surface area contributed by atoms with Gasteiger partial charge in [-0.15, -0.1) is 5.10 Å². The molecule has 4 rings (SSSR count). The fourth-order valence-electron chi connectivity index (χ4n) is 2.33. The molecule has 4 heterocycles. The number of aryl methyl sites for hydroxylation is 2. The Morgan fingerprint density at radius 3 is 2.79 bits per heavy atom. The van der Waals surface area contributed by atoms with Crippen molar-refractivity contribution in [2.24, 2.45) is 0 Å². The summed E-state index contributed by atoms with van der Waals surface area (Å²) in [6, 6.07) is 5.75. The molecule has 24 heavy (non-hydrogen) atoms. The molecule has 0 unspecified atom stereocenters. The van der Waals surface area contributed by atoms with Crippen LogP contribution in [-0.4, -0.2) is 45.1 Å². The normalized spacial score (nSPS) is 11.1. The first kappa shape index (κ1) is 14.2. The second-order valence-electron chi connectivity index (χ2n) is 5.26. The Bertz CT molecular complexity index is 953. The van der Waals surface area contributed by atoms with Gasteiger partial charge in [-0.25, -0.2) is 14.3 Å². The van der Waals surface area contributed by atoms with Crippen LogP contribution in [0.5, 0.6) is 0 Å². The zero-order chi connectivity index (χ0) is 16.5. The molecule has 0 spiro atoms.